The number of halogens is 3. The fourth-order valence-electron chi connectivity index (χ4n) is 1.69. The summed E-state index contributed by atoms with van der Waals surface area (Å²) < 4.78 is 39.6. The Morgan fingerprint density at radius 1 is 1.12 bits per heavy atom. The first-order chi connectivity index (χ1) is 7.89. The lowest BCUT2D eigenvalue weighted by Gasteiger charge is -2.09. The minimum Gasteiger partial charge on any atom is -0.333 e. The van der Waals surface area contributed by atoms with Crippen LogP contribution >= 0.6 is 0 Å². The van der Waals surface area contributed by atoms with Gasteiger partial charge in [0.1, 0.15) is 0 Å². The van der Waals surface area contributed by atoms with Gasteiger partial charge in [-0.25, -0.2) is 4.98 Å². The maximum Gasteiger partial charge on any atom is 0.435 e. The summed E-state index contributed by atoms with van der Waals surface area (Å²) in [6, 6.07) is 6.90. The van der Waals surface area contributed by atoms with E-state index < -0.39 is 11.9 Å². The third kappa shape index (κ3) is 2.18. The molecule has 0 radical (unpaired) electrons. The molecule has 1 aromatic heterocycles. The Morgan fingerprint density at radius 3 is 2.24 bits per heavy atom. The maximum atomic E-state index is 12.8. The van der Waals surface area contributed by atoms with Gasteiger partial charge >= 0.3 is 6.18 Å². The number of rotatable bonds is 1. The van der Waals surface area contributed by atoms with E-state index in [4.69, 9.17) is 0 Å². The number of imidazole rings is 1. The van der Waals surface area contributed by atoms with Crippen molar-refractivity contribution in [1.29, 1.82) is 0 Å². The lowest BCUT2D eigenvalue weighted by Crippen LogP contribution is -2.08. The van der Waals surface area contributed by atoms with Crippen LogP contribution in [0.3, 0.4) is 0 Å². The Morgan fingerprint density at radius 2 is 1.71 bits per heavy atom. The molecule has 1 heterocycles. The van der Waals surface area contributed by atoms with Crippen LogP contribution in [0.2, 0.25) is 0 Å². The number of nitrogens with zero attached hydrogens (tertiary/aromatic N) is 2. The lowest BCUT2D eigenvalue weighted by molar-refractivity contribution is -0.140. The van der Waals surface area contributed by atoms with Crippen molar-refractivity contribution in [2.24, 2.45) is 7.05 Å². The molecular formula is C12H11F3N2. The number of benzene rings is 1. The second-order valence-corrected chi connectivity index (χ2v) is 3.92. The SMILES string of the molecule is Cc1ccc(-c2c(C(F)(F)F)ncn2C)cc1. The summed E-state index contributed by atoms with van der Waals surface area (Å²) >= 11 is 0. The summed E-state index contributed by atoms with van der Waals surface area (Å²) in [6.45, 7) is 1.89. The van der Waals surface area contributed by atoms with Gasteiger partial charge in [-0.2, -0.15) is 13.2 Å². The molecule has 0 spiro atoms. The molecule has 17 heavy (non-hydrogen) atoms. The van der Waals surface area contributed by atoms with E-state index in [0.29, 0.717) is 5.56 Å². The van der Waals surface area contributed by atoms with Gasteiger partial charge in [0.15, 0.2) is 5.69 Å². The zero-order valence-corrected chi connectivity index (χ0v) is 9.42. The number of alkyl halides is 3. The summed E-state index contributed by atoms with van der Waals surface area (Å²) in [5, 5.41) is 0. The minimum absolute atomic E-state index is 0.0949. The lowest BCUT2D eigenvalue weighted by atomic mass is 10.1. The van der Waals surface area contributed by atoms with Gasteiger partial charge in [0, 0.05) is 12.6 Å². The highest BCUT2D eigenvalue weighted by molar-refractivity contribution is 5.63. The van der Waals surface area contributed by atoms with Crippen LogP contribution in [0.5, 0.6) is 0 Å². The Labute approximate surface area is 96.7 Å². The van der Waals surface area contributed by atoms with Crippen molar-refractivity contribution in [2.75, 3.05) is 0 Å². The molecule has 0 fully saturated rings. The van der Waals surface area contributed by atoms with Crippen LogP contribution in [0, 0.1) is 6.92 Å². The first kappa shape index (κ1) is 11.7. The molecule has 1 aromatic carbocycles. The molecule has 2 nitrogen and oxygen atoms in total. The van der Waals surface area contributed by atoms with Gasteiger partial charge in [0.05, 0.1) is 12.0 Å². The summed E-state index contributed by atoms with van der Waals surface area (Å²) in [5.41, 5.74) is 0.772. The van der Waals surface area contributed by atoms with E-state index in [2.05, 4.69) is 4.98 Å². The Bertz CT molecular complexity index is 524. The average molecular weight is 240 g/mol. The highest BCUT2D eigenvalue weighted by atomic mass is 19.4. The average Bonchev–Trinajstić information content (AvgIpc) is 2.61. The standard InChI is InChI=1S/C12H11F3N2/c1-8-3-5-9(6-4-8)10-11(12(13,14)15)16-7-17(10)2/h3-7H,1-2H3. The molecule has 0 aliphatic rings. The Kier molecular flexibility index (Phi) is 2.69. The van der Waals surface area contributed by atoms with Gasteiger partial charge in [0.25, 0.3) is 0 Å². The van der Waals surface area contributed by atoms with Crippen LogP contribution in [0.25, 0.3) is 11.3 Å². The predicted octanol–water partition coefficient (Wildman–Crippen LogP) is 3.41. The summed E-state index contributed by atoms with van der Waals surface area (Å²) in [4.78, 5) is 3.42. The molecule has 5 heteroatoms. The first-order valence-electron chi connectivity index (χ1n) is 5.05. The van der Waals surface area contributed by atoms with Crippen LogP contribution in [0.4, 0.5) is 13.2 Å². The van der Waals surface area contributed by atoms with Gasteiger partial charge in [0.2, 0.25) is 0 Å². The van der Waals surface area contributed by atoms with Crippen LogP contribution in [-0.4, -0.2) is 9.55 Å². The van der Waals surface area contributed by atoms with E-state index in [1.165, 1.54) is 10.9 Å². The van der Waals surface area contributed by atoms with E-state index in [9.17, 15) is 13.2 Å². The van der Waals surface area contributed by atoms with Gasteiger partial charge < -0.3 is 4.57 Å². The molecule has 2 aromatic rings. The van der Waals surface area contributed by atoms with E-state index in [0.717, 1.165) is 5.56 Å². The number of hydrogen-bond acceptors (Lipinski definition) is 1. The van der Waals surface area contributed by atoms with Crippen molar-refractivity contribution in [3.63, 3.8) is 0 Å². The van der Waals surface area contributed by atoms with Crippen LogP contribution in [0.15, 0.2) is 30.6 Å². The number of aryl methyl sites for hydroxylation is 2. The molecule has 0 amide bonds. The third-order valence-electron chi connectivity index (χ3n) is 2.53. The van der Waals surface area contributed by atoms with Gasteiger partial charge in [-0.1, -0.05) is 29.8 Å². The summed E-state index contributed by atoms with van der Waals surface area (Å²) in [6.07, 6.45) is -3.25. The summed E-state index contributed by atoms with van der Waals surface area (Å²) in [7, 11) is 1.55. The second kappa shape index (κ2) is 3.91. The number of aromatic nitrogens is 2. The third-order valence-corrected chi connectivity index (χ3v) is 2.53. The predicted molar refractivity (Wildman–Crippen MR) is 58.4 cm³/mol. The molecule has 2 rings (SSSR count). The molecule has 0 saturated heterocycles. The van der Waals surface area contributed by atoms with Crippen molar-refractivity contribution in [3.05, 3.63) is 41.9 Å². The molecule has 0 bridgehead atoms. The number of hydrogen-bond donors (Lipinski definition) is 0. The second-order valence-electron chi connectivity index (χ2n) is 3.92. The molecule has 0 aliphatic carbocycles. The molecule has 0 aliphatic heterocycles. The first-order valence-corrected chi connectivity index (χ1v) is 5.05. The van der Waals surface area contributed by atoms with Crippen LogP contribution < -0.4 is 0 Å². The maximum absolute atomic E-state index is 12.8. The molecule has 0 atom stereocenters. The van der Waals surface area contributed by atoms with Gasteiger partial charge in [-0.05, 0) is 6.92 Å². The molecule has 90 valence electrons. The fourth-order valence-corrected chi connectivity index (χ4v) is 1.69. The largest absolute Gasteiger partial charge is 0.435 e. The minimum atomic E-state index is -4.43. The Balaban J connectivity index is 2.59. The van der Waals surface area contributed by atoms with Crippen molar-refractivity contribution in [1.82, 2.24) is 9.55 Å². The smallest absolute Gasteiger partial charge is 0.333 e. The van der Waals surface area contributed by atoms with Crippen molar-refractivity contribution in [2.45, 2.75) is 13.1 Å². The normalized spacial score (nSPS) is 11.8. The highest BCUT2D eigenvalue weighted by Gasteiger charge is 2.37. The van der Waals surface area contributed by atoms with E-state index >= 15 is 0 Å². The molecular weight excluding hydrogens is 229 g/mol. The topological polar surface area (TPSA) is 17.8 Å². The zero-order valence-electron chi connectivity index (χ0n) is 9.42. The van der Waals surface area contributed by atoms with Gasteiger partial charge in [-0.15, -0.1) is 0 Å². The zero-order chi connectivity index (χ0) is 12.6. The summed E-state index contributed by atoms with van der Waals surface area (Å²) in [5.74, 6) is 0. The van der Waals surface area contributed by atoms with Crippen molar-refractivity contribution >= 4 is 0 Å². The van der Waals surface area contributed by atoms with E-state index in [1.807, 2.05) is 6.92 Å². The van der Waals surface area contributed by atoms with E-state index in [1.54, 1.807) is 31.3 Å². The van der Waals surface area contributed by atoms with Crippen LogP contribution in [-0.2, 0) is 13.2 Å². The van der Waals surface area contributed by atoms with Crippen molar-refractivity contribution < 1.29 is 13.2 Å². The Hall–Kier alpha value is -1.78. The molecule has 0 N–H and O–H groups in total. The highest BCUT2D eigenvalue weighted by Crippen LogP contribution is 2.35. The van der Waals surface area contributed by atoms with E-state index in [-0.39, 0.29) is 5.69 Å². The molecule has 0 unspecified atom stereocenters. The quantitative estimate of drug-likeness (QED) is 0.746. The monoisotopic (exact) mass is 240 g/mol. The fraction of sp³-hybridized carbons (Fsp3) is 0.250. The molecule has 0 saturated carbocycles. The van der Waals surface area contributed by atoms with Crippen LogP contribution in [0.1, 0.15) is 11.3 Å². The van der Waals surface area contributed by atoms with Crippen molar-refractivity contribution in [3.8, 4) is 11.3 Å². The van der Waals surface area contributed by atoms with Gasteiger partial charge in [-0.3, -0.25) is 0 Å².